The molecule has 1 aliphatic rings. The largest absolute Gasteiger partial charge is 0.347 e. The van der Waals surface area contributed by atoms with Crippen LogP contribution in [0.4, 0.5) is 5.82 Å². The molecule has 0 atom stereocenters. The third kappa shape index (κ3) is 5.70. The third-order valence-corrected chi connectivity index (χ3v) is 5.31. The van der Waals surface area contributed by atoms with Gasteiger partial charge in [-0.1, -0.05) is 11.6 Å². The first-order valence-electron chi connectivity index (χ1n) is 8.58. The summed E-state index contributed by atoms with van der Waals surface area (Å²) >= 11 is 7.45. The number of amides is 2. The number of aromatic nitrogens is 2. The van der Waals surface area contributed by atoms with Crippen molar-refractivity contribution < 1.29 is 9.59 Å². The number of nitrogens with zero attached hydrogens (tertiary/aromatic N) is 3. The van der Waals surface area contributed by atoms with E-state index in [9.17, 15) is 9.59 Å². The second kappa shape index (κ2) is 9.23. The number of pyridine rings is 1. The number of likely N-dealkylation sites (N-methyl/N-ethyl adjacent to an activating group) is 1. The molecule has 0 radical (unpaired) electrons. The Bertz CT molecular complexity index is 810. The van der Waals surface area contributed by atoms with E-state index in [1.54, 1.807) is 17.4 Å². The molecule has 144 valence electrons. The Morgan fingerprint density at radius 3 is 2.93 bits per heavy atom. The van der Waals surface area contributed by atoms with Gasteiger partial charge in [0.1, 0.15) is 10.8 Å². The number of hydrogen-bond acceptors (Lipinski definition) is 7. The lowest BCUT2D eigenvalue weighted by atomic mass is 10.2. The lowest BCUT2D eigenvalue weighted by Crippen LogP contribution is -2.39. The van der Waals surface area contributed by atoms with Crippen LogP contribution in [0.25, 0.3) is 0 Å². The Labute approximate surface area is 166 Å². The molecule has 3 heterocycles. The van der Waals surface area contributed by atoms with E-state index < -0.39 is 11.8 Å². The van der Waals surface area contributed by atoms with E-state index in [0.29, 0.717) is 24.7 Å². The number of fused-ring (bicyclic) bond motifs is 1. The zero-order chi connectivity index (χ0) is 19.2. The summed E-state index contributed by atoms with van der Waals surface area (Å²) in [4.78, 5) is 35.8. The normalized spacial score (nSPS) is 13.9. The minimum Gasteiger partial charge on any atom is -0.347 e. The van der Waals surface area contributed by atoms with E-state index in [2.05, 4.69) is 37.9 Å². The number of hydrogen-bond donors (Lipinski definition) is 3. The van der Waals surface area contributed by atoms with Gasteiger partial charge in [0, 0.05) is 50.2 Å². The number of halogens is 1. The van der Waals surface area contributed by atoms with Crippen molar-refractivity contribution >= 4 is 40.6 Å². The molecule has 0 fully saturated rings. The maximum Gasteiger partial charge on any atom is 0.314 e. The molecule has 3 N–H and O–H groups in total. The molecule has 2 amide bonds. The summed E-state index contributed by atoms with van der Waals surface area (Å²) in [5.41, 5.74) is 1.20. The summed E-state index contributed by atoms with van der Waals surface area (Å²) < 4.78 is 0. The molecule has 0 aromatic carbocycles. The first-order chi connectivity index (χ1) is 13.0. The zero-order valence-electron chi connectivity index (χ0n) is 14.9. The van der Waals surface area contributed by atoms with Crippen molar-refractivity contribution in [2.45, 2.75) is 19.5 Å². The van der Waals surface area contributed by atoms with Crippen LogP contribution in [-0.2, 0) is 29.1 Å². The molecule has 0 bridgehead atoms. The van der Waals surface area contributed by atoms with Gasteiger partial charge < -0.3 is 20.9 Å². The zero-order valence-corrected chi connectivity index (χ0v) is 16.5. The number of thiazole rings is 1. The van der Waals surface area contributed by atoms with Crippen LogP contribution in [0.5, 0.6) is 0 Å². The second-order valence-corrected chi connectivity index (χ2v) is 7.82. The summed E-state index contributed by atoms with van der Waals surface area (Å²) in [7, 11) is 2.11. The van der Waals surface area contributed by atoms with E-state index in [4.69, 9.17) is 11.6 Å². The van der Waals surface area contributed by atoms with Crippen LogP contribution in [0.1, 0.15) is 15.6 Å². The average molecular weight is 409 g/mol. The van der Waals surface area contributed by atoms with Gasteiger partial charge in [0.2, 0.25) is 0 Å². The van der Waals surface area contributed by atoms with E-state index in [1.165, 1.54) is 22.8 Å². The fourth-order valence-electron chi connectivity index (χ4n) is 2.62. The van der Waals surface area contributed by atoms with Gasteiger partial charge >= 0.3 is 11.8 Å². The number of rotatable bonds is 6. The molecule has 0 aliphatic carbocycles. The number of carbonyl (C=O) groups is 2. The van der Waals surface area contributed by atoms with Crippen molar-refractivity contribution in [1.82, 2.24) is 25.5 Å². The summed E-state index contributed by atoms with van der Waals surface area (Å²) in [5.74, 6) is -1.20. The first-order valence-corrected chi connectivity index (χ1v) is 9.78. The van der Waals surface area contributed by atoms with E-state index in [1.807, 2.05) is 0 Å². The highest BCUT2D eigenvalue weighted by Gasteiger charge is 2.18. The highest BCUT2D eigenvalue weighted by Crippen LogP contribution is 2.24. The quantitative estimate of drug-likeness (QED) is 0.487. The maximum atomic E-state index is 11.8. The van der Waals surface area contributed by atoms with Crippen molar-refractivity contribution in [3.05, 3.63) is 38.9 Å². The number of nitrogens with one attached hydrogen (secondary N) is 3. The van der Waals surface area contributed by atoms with E-state index >= 15 is 0 Å². The Morgan fingerprint density at radius 1 is 1.30 bits per heavy atom. The molecule has 10 heteroatoms. The first kappa shape index (κ1) is 19.7. The molecule has 0 saturated carbocycles. The molecular formula is C17H21ClN6O2S. The van der Waals surface area contributed by atoms with Gasteiger partial charge in [-0.3, -0.25) is 9.59 Å². The van der Waals surface area contributed by atoms with Crippen molar-refractivity contribution in [2.75, 3.05) is 32.0 Å². The second-order valence-electron chi connectivity index (χ2n) is 6.21. The van der Waals surface area contributed by atoms with Crippen molar-refractivity contribution in [3.8, 4) is 0 Å². The predicted octanol–water partition coefficient (Wildman–Crippen LogP) is 1.02. The molecule has 3 rings (SSSR count). The minimum absolute atomic E-state index is 0.274. The SMILES string of the molecule is CN1CCc2nc(CNCCNC(=O)C(=O)Nc3ccc(Cl)cn3)sc2C1. The topological polar surface area (TPSA) is 99.3 Å². The van der Waals surface area contributed by atoms with Crippen LogP contribution in [0.15, 0.2) is 18.3 Å². The Morgan fingerprint density at radius 2 is 2.15 bits per heavy atom. The Hall–Kier alpha value is -2.07. The number of anilines is 1. The van der Waals surface area contributed by atoms with Crippen molar-refractivity contribution in [2.24, 2.45) is 0 Å². The van der Waals surface area contributed by atoms with E-state index in [0.717, 1.165) is 24.5 Å². The van der Waals surface area contributed by atoms with Gasteiger partial charge in [-0.2, -0.15) is 0 Å². The third-order valence-electron chi connectivity index (χ3n) is 4.01. The average Bonchev–Trinajstić information content (AvgIpc) is 3.05. The molecule has 2 aromatic rings. The van der Waals surface area contributed by atoms with E-state index in [-0.39, 0.29) is 5.82 Å². The van der Waals surface area contributed by atoms with Crippen molar-refractivity contribution in [3.63, 3.8) is 0 Å². The molecule has 0 unspecified atom stereocenters. The molecule has 27 heavy (non-hydrogen) atoms. The molecular weight excluding hydrogens is 388 g/mol. The van der Waals surface area contributed by atoms with Crippen LogP contribution in [0, 0.1) is 0 Å². The fourth-order valence-corrected chi connectivity index (χ4v) is 3.89. The van der Waals surface area contributed by atoms with Gasteiger partial charge in [-0.05, 0) is 19.2 Å². The monoisotopic (exact) mass is 408 g/mol. The van der Waals surface area contributed by atoms with Gasteiger partial charge in [0.15, 0.2) is 0 Å². The summed E-state index contributed by atoms with van der Waals surface area (Å²) in [5, 5.41) is 9.72. The fraction of sp³-hybridized carbons (Fsp3) is 0.412. The maximum absolute atomic E-state index is 11.8. The van der Waals surface area contributed by atoms with Crippen molar-refractivity contribution in [1.29, 1.82) is 0 Å². The summed E-state index contributed by atoms with van der Waals surface area (Å²) in [6.07, 6.45) is 2.39. The van der Waals surface area contributed by atoms with Crippen LogP contribution in [0.2, 0.25) is 5.02 Å². The summed E-state index contributed by atoms with van der Waals surface area (Å²) in [6.45, 7) is 3.54. The van der Waals surface area contributed by atoms with Crippen LogP contribution in [-0.4, -0.2) is 53.4 Å². The predicted molar refractivity (Wildman–Crippen MR) is 105 cm³/mol. The molecule has 1 aliphatic heterocycles. The van der Waals surface area contributed by atoms with Gasteiger partial charge in [-0.25, -0.2) is 9.97 Å². The summed E-state index contributed by atoms with van der Waals surface area (Å²) in [6, 6.07) is 3.11. The van der Waals surface area contributed by atoms with Crippen LogP contribution in [0.3, 0.4) is 0 Å². The molecule has 0 spiro atoms. The van der Waals surface area contributed by atoms with Gasteiger partial charge in [0.05, 0.1) is 10.7 Å². The molecule has 0 saturated heterocycles. The van der Waals surface area contributed by atoms with Gasteiger partial charge in [-0.15, -0.1) is 11.3 Å². The standard InChI is InChI=1S/C17H21ClN6O2S/c1-24-7-4-12-13(10-24)27-15(22-12)9-19-5-6-20-16(25)17(26)23-14-3-2-11(18)8-21-14/h2-3,8,19H,4-7,9-10H2,1H3,(H,20,25)(H,21,23,26). The van der Waals surface area contributed by atoms with Crippen LogP contribution < -0.4 is 16.0 Å². The van der Waals surface area contributed by atoms with Gasteiger partial charge in [0.25, 0.3) is 0 Å². The van der Waals surface area contributed by atoms with Crippen LogP contribution >= 0.6 is 22.9 Å². The highest BCUT2D eigenvalue weighted by molar-refractivity contribution is 7.11. The number of carbonyl (C=O) groups excluding carboxylic acids is 2. The minimum atomic E-state index is -0.762. The molecule has 8 nitrogen and oxygen atoms in total. The lowest BCUT2D eigenvalue weighted by Gasteiger charge is -2.20. The smallest absolute Gasteiger partial charge is 0.314 e. The highest BCUT2D eigenvalue weighted by atomic mass is 35.5. The molecule has 2 aromatic heterocycles. The Balaban J connectivity index is 1.34. The Kier molecular flexibility index (Phi) is 6.73. The lowest BCUT2D eigenvalue weighted by molar-refractivity contribution is -0.136.